The SMILES string of the molecule is O=C(CC1CCCN1)NC(c1ccccc1)C1CCCO1. The fourth-order valence-corrected chi connectivity index (χ4v) is 3.30. The van der Waals surface area contributed by atoms with Gasteiger partial charge in [0.25, 0.3) is 0 Å². The Hall–Kier alpha value is -1.39. The van der Waals surface area contributed by atoms with Gasteiger partial charge in [-0.1, -0.05) is 30.3 Å². The van der Waals surface area contributed by atoms with E-state index < -0.39 is 0 Å². The van der Waals surface area contributed by atoms with Gasteiger partial charge in [0.05, 0.1) is 12.1 Å². The smallest absolute Gasteiger partial charge is 0.222 e. The predicted octanol–water partition coefficient (Wildman–Crippen LogP) is 2.17. The van der Waals surface area contributed by atoms with Crippen molar-refractivity contribution < 1.29 is 9.53 Å². The summed E-state index contributed by atoms with van der Waals surface area (Å²) in [5, 5.41) is 6.58. The second-order valence-electron chi connectivity index (χ2n) is 6.00. The summed E-state index contributed by atoms with van der Waals surface area (Å²) in [6, 6.07) is 10.5. The summed E-state index contributed by atoms with van der Waals surface area (Å²) in [5.41, 5.74) is 1.14. The number of carbonyl (C=O) groups is 1. The van der Waals surface area contributed by atoms with Gasteiger partial charge in [-0.15, -0.1) is 0 Å². The van der Waals surface area contributed by atoms with Crippen LogP contribution in [-0.2, 0) is 9.53 Å². The topological polar surface area (TPSA) is 50.4 Å². The van der Waals surface area contributed by atoms with Gasteiger partial charge in [0, 0.05) is 19.1 Å². The molecule has 3 unspecified atom stereocenters. The summed E-state index contributed by atoms with van der Waals surface area (Å²) in [4.78, 5) is 12.3. The number of nitrogens with one attached hydrogen (secondary N) is 2. The van der Waals surface area contributed by atoms with Crippen molar-refractivity contribution in [3.05, 3.63) is 35.9 Å². The Labute approximate surface area is 126 Å². The van der Waals surface area contributed by atoms with Crippen molar-refractivity contribution in [2.45, 2.75) is 50.3 Å². The largest absolute Gasteiger partial charge is 0.376 e. The number of hydrogen-bond donors (Lipinski definition) is 2. The third-order valence-electron chi connectivity index (χ3n) is 4.41. The van der Waals surface area contributed by atoms with Crippen molar-refractivity contribution >= 4 is 5.91 Å². The van der Waals surface area contributed by atoms with Crippen LogP contribution in [0.2, 0.25) is 0 Å². The standard InChI is InChI=1S/C17H24N2O2/c20-16(12-14-8-4-10-18-14)19-17(15-9-5-11-21-15)13-6-2-1-3-7-13/h1-3,6-7,14-15,17-18H,4-5,8-12H2,(H,19,20). The first-order valence-electron chi connectivity index (χ1n) is 8.02. The zero-order valence-electron chi connectivity index (χ0n) is 12.4. The molecule has 21 heavy (non-hydrogen) atoms. The van der Waals surface area contributed by atoms with Crippen LogP contribution in [0.1, 0.15) is 43.7 Å². The van der Waals surface area contributed by atoms with Crippen LogP contribution in [0.25, 0.3) is 0 Å². The highest BCUT2D eigenvalue weighted by atomic mass is 16.5. The van der Waals surface area contributed by atoms with E-state index in [1.807, 2.05) is 18.2 Å². The van der Waals surface area contributed by atoms with Crippen LogP contribution in [0.3, 0.4) is 0 Å². The van der Waals surface area contributed by atoms with Gasteiger partial charge in [-0.3, -0.25) is 4.79 Å². The molecule has 1 aromatic rings. The van der Waals surface area contributed by atoms with E-state index in [1.165, 1.54) is 6.42 Å². The van der Waals surface area contributed by atoms with E-state index in [-0.39, 0.29) is 18.1 Å². The third-order valence-corrected chi connectivity index (χ3v) is 4.41. The first-order valence-corrected chi connectivity index (χ1v) is 8.02. The summed E-state index contributed by atoms with van der Waals surface area (Å²) in [5.74, 6) is 0.124. The molecule has 2 aliphatic rings. The molecule has 1 amide bonds. The molecule has 4 heteroatoms. The molecule has 0 saturated carbocycles. The third kappa shape index (κ3) is 3.83. The van der Waals surface area contributed by atoms with Crippen molar-refractivity contribution in [2.24, 2.45) is 0 Å². The van der Waals surface area contributed by atoms with Crippen LogP contribution < -0.4 is 10.6 Å². The molecule has 1 aromatic carbocycles. The molecule has 0 aromatic heterocycles. The summed E-state index contributed by atoms with van der Waals surface area (Å²) in [6.45, 7) is 1.83. The Morgan fingerprint density at radius 2 is 2.14 bits per heavy atom. The van der Waals surface area contributed by atoms with E-state index in [9.17, 15) is 4.79 Å². The Balaban J connectivity index is 1.65. The van der Waals surface area contributed by atoms with E-state index in [0.29, 0.717) is 12.5 Å². The molecule has 0 bridgehead atoms. The van der Waals surface area contributed by atoms with Gasteiger partial charge in [-0.05, 0) is 37.8 Å². The lowest BCUT2D eigenvalue weighted by atomic mass is 9.99. The molecule has 2 aliphatic heterocycles. The first kappa shape index (κ1) is 14.5. The average Bonchev–Trinajstić information content (AvgIpc) is 3.19. The van der Waals surface area contributed by atoms with Gasteiger partial charge >= 0.3 is 0 Å². The minimum atomic E-state index is -0.0254. The molecule has 0 aliphatic carbocycles. The summed E-state index contributed by atoms with van der Waals surface area (Å²) >= 11 is 0. The molecular weight excluding hydrogens is 264 g/mol. The lowest BCUT2D eigenvalue weighted by Crippen LogP contribution is -2.38. The number of carbonyl (C=O) groups excluding carboxylic acids is 1. The highest BCUT2D eigenvalue weighted by Gasteiger charge is 2.29. The van der Waals surface area contributed by atoms with Crippen molar-refractivity contribution in [3.63, 3.8) is 0 Å². The van der Waals surface area contributed by atoms with E-state index >= 15 is 0 Å². The number of amides is 1. The maximum Gasteiger partial charge on any atom is 0.222 e. The highest BCUT2D eigenvalue weighted by molar-refractivity contribution is 5.77. The van der Waals surface area contributed by atoms with E-state index in [2.05, 4.69) is 22.8 Å². The monoisotopic (exact) mass is 288 g/mol. The van der Waals surface area contributed by atoms with Gasteiger partial charge in [-0.25, -0.2) is 0 Å². The zero-order chi connectivity index (χ0) is 14.5. The fourth-order valence-electron chi connectivity index (χ4n) is 3.30. The minimum Gasteiger partial charge on any atom is -0.376 e. The summed E-state index contributed by atoms with van der Waals surface area (Å²) < 4.78 is 5.81. The number of rotatable bonds is 5. The molecule has 2 N–H and O–H groups in total. The Morgan fingerprint density at radius 1 is 1.29 bits per heavy atom. The summed E-state index contributed by atoms with van der Waals surface area (Å²) in [6.07, 6.45) is 5.04. The molecule has 0 spiro atoms. The predicted molar refractivity (Wildman–Crippen MR) is 81.9 cm³/mol. The van der Waals surface area contributed by atoms with E-state index in [4.69, 9.17) is 4.74 Å². The molecule has 3 atom stereocenters. The Bertz CT molecular complexity index is 451. The quantitative estimate of drug-likeness (QED) is 0.873. The van der Waals surface area contributed by atoms with E-state index in [0.717, 1.165) is 38.0 Å². The molecule has 4 nitrogen and oxygen atoms in total. The molecule has 3 rings (SSSR count). The van der Waals surface area contributed by atoms with Gasteiger partial charge in [0.2, 0.25) is 5.91 Å². The van der Waals surface area contributed by atoms with Crippen LogP contribution in [0.4, 0.5) is 0 Å². The molecule has 2 fully saturated rings. The van der Waals surface area contributed by atoms with Crippen molar-refractivity contribution in [2.75, 3.05) is 13.2 Å². The van der Waals surface area contributed by atoms with Gasteiger partial charge in [0.15, 0.2) is 0 Å². The highest BCUT2D eigenvalue weighted by Crippen LogP contribution is 2.27. The van der Waals surface area contributed by atoms with Gasteiger partial charge in [0.1, 0.15) is 0 Å². The molecule has 2 heterocycles. The van der Waals surface area contributed by atoms with Crippen LogP contribution in [-0.4, -0.2) is 31.2 Å². The van der Waals surface area contributed by atoms with Gasteiger partial charge in [-0.2, -0.15) is 0 Å². The van der Waals surface area contributed by atoms with Crippen LogP contribution in [0.5, 0.6) is 0 Å². The second kappa shape index (κ2) is 7.05. The lowest BCUT2D eigenvalue weighted by molar-refractivity contribution is -0.123. The van der Waals surface area contributed by atoms with Crippen molar-refractivity contribution in [3.8, 4) is 0 Å². The van der Waals surface area contributed by atoms with E-state index in [1.54, 1.807) is 0 Å². The summed E-state index contributed by atoms with van der Waals surface area (Å²) in [7, 11) is 0. The maximum atomic E-state index is 12.3. The first-order chi connectivity index (χ1) is 10.3. The zero-order valence-corrected chi connectivity index (χ0v) is 12.4. The average molecular weight is 288 g/mol. The number of benzene rings is 1. The molecular formula is C17H24N2O2. The molecule has 114 valence electrons. The van der Waals surface area contributed by atoms with Gasteiger partial charge < -0.3 is 15.4 Å². The minimum absolute atomic E-state index is 0.0254. The number of ether oxygens (including phenoxy) is 1. The second-order valence-corrected chi connectivity index (χ2v) is 6.00. The molecule has 0 radical (unpaired) electrons. The van der Waals surface area contributed by atoms with Crippen LogP contribution >= 0.6 is 0 Å². The van der Waals surface area contributed by atoms with Crippen LogP contribution in [0, 0.1) is 0 Å². The van der Waals surface area contributed by atoms with Crippen LogP contribution in [0.15, 0.2) is 30.3 Å². The normalized spacial score (nSPS) is 26.7. The van der Waals surface area contributed by atoms with Crippen molar-refractivity contribution in [1.29, 1.82) is 0 Å². The Kier molecular flexibility index (Phi) is 4.88. The number of hydrogen-bond acceptors (Lipinski definition) is 3. The Morgan fingerprint density at radius 3 is 2.81 bits per heavy atom. The lowest BCUT2D eigenvalue weighted by Gasteiger charge is -2.25. The fraction of sp³-hybridized carbons (Fsp3) is 0.588. The molecule has 2 saturated heterocycles. The van der Waals surface area contributed by atoms with Crippen molar-refractivity contribution in [1.82, 2.24) is 10.6 Å². The maximum absolute atomic E-state index is 12.3.